The molecular weight excluding hydrogens is 288 g/mol. The van der Waals surface area contributed by atoms with E-state index >= 15 is 0 Å². The number of benzene rings is 1. The van der Waals surface area contributed by atoms with Gasteiger partial charge >= 0.3 is 0 Å². The van der Waals surface area contributed by atoms with E-state index in [1.165, 1.54) is 0 Å². The minimum Gasteiger partial charge on any atom is -0.497 e. The van der Waals surface area contributed by atoms with Gasteiger partial charge in [0.15, 0.2) is 0 Å². The molecule has 0 aliphatic carbocycles. The van der Waals surface area contributed by atoms with Crippen LogP contribution in [0.3, 0.4) is 0 Å². The molecule has 0 unspecified atom stereocenters. The van der Waals surface area contributed by atoms with Gasteiger partial charge in [-0.1, -0.05) is 12.2 Å². The number of aromatic nitrogens is 2. The van der Waals surface area contributed by atoms with Crippen molar-refractivity contribution in [2.24, 2.45) is 5.73 Å². The van der Waals surface area contributed by atoms with Crippen LogP contribution in [0.15, 0.2) is 30.5 Å². The standard InChI is InChI=1S/C14H16N4O2S/c1-19-10-4-3-9(12(7-10)20-2)8-17-14-16-6-5-11(18-14)13(15)21/h3-7H,8H2,1-2H3,(H2,15,21)(H,16,17,18). The van der Waals surface area contributed by atoms with E-state index in [4.69, 9.17) is 27.4 Å². The minimum absolute atomic E-state index is 0.238. The molecular formula is C14H16N4O2S. The van der Waals surface area contributed by atoms with Gasteiger partial charge in [0.1, 0.15) is 22.2 Å². The third-order valence-corrected chi connectivity index (χ3v) is 3.05. The molecule has 2 rings (SSSR count). The first kappa shape index (κ1) is 15.0. The normalized spacial score (nSPS) is 10.0. The minimum atomic E-state index is 0.238. The highest BCUT2D eigenvalue weighted by molar-refractivity contribution is 7.80. The van der Waals surface area contributed by atoms with Gasteiger partial charge in [0.2, 0.25) is 5.95 Å². The first-order valence-corrected chi connectivity index (χ1v) is 6.62. The molecule has 0 bridgehead atoms. The molecule has 3 N–H and O–H groups in total. The number of ether oxygens (including phenoxy) is 2. The molecule has 7 heteroatoms. The molecule has 0 amide bonds. The van der Waals surface area contributed by atoms with Crippen LogP contribution in [0.2, 0.25) is 0 Å². The summed E-state index contributed by atoms with van der Waals surface area (Å²) in [5.41, 5.74) is 7.04. The third kappa shape index (κ3) is 3.79. The van der Waals surface area contributed by atoms with E-state index in [0.717, 1.165) is 17.1 Å². The molecule has 6 nitrogen and oxygen atoms in total. The van der Waals surface area contributed by atoms with Crippen molar-refractivity contribution in [3.8, 4) is 11.5 Å². The summed E-state index contributed by atoms with van der Waals surface area (Å²) < 4.78 is 10.5. The van der Waals surface area contributed by atoms with Crippen molar-refractivity contribution in [3.63, 3.8) is 0 Å². The van der Waals surface area contributed by atoms with Crippen molar-refractivity contribution >= 4 is 23.2 Å². The Bertz CT molecular complexity index is 649. The lowest BCUT2D eigenvalue weighted by Gasteiger charge is -2.11. The van der Waals surface area contributed by atoms with Crippen molar-refractivity contribution < 1.29 is 9.47 Å². The fraction of sp³-hybridized carbons (Fsp3) is 0.214. The summed E-state index contributed by atoms with van der Waals surface area (Å²) in [6.07, 6.45) is 1.61. The molecule has 0 aliphatic rings. The van der Waals surface area contributed by atoms with E-state index in [9.17, 15) is 0 Å². The Kier molecular flexibility index (Phi) is 4.89. The smallest absolute Gasteiger partial charge is 0.223 e. The number of rotatable bonds is 6. The number of methoxy groups -OCH3 is 2. The second-order valence-electron chi connectivity index (χ2n) is 4.16. The number of hydrogen-bond acceptors (Lipinski definition) is 6. The summed E-state index contributed by atoms with van der Waals surface area (Å²) >= 11 is 4.89. The van der Waals surface area contributed by atoms with Crippen LogP contribution in [0.5, 0.6) is 11.5 Å². The third-order valence-electron chi connectivity index (χ3n) is 2.84. The van der Waals surface area contributed by atoms with Crippen LogP contribution < -0.4 is 20.5 Å². The Hall–Kier alpha value is -2.41. The molecule has 1 aromatic heterocycles. The summed E-state index contributed by atoms with van der Waals surface area (Å²) in [4.78, 5) is 8.58. The van der Waals surface area contributed by atoms with E-state index in [1.807, 2.05) is 18.2 Å². The molecule has 1 heterocycles. The maximum atomic E-state index is 5.55. The van der Waals surface area contributed by atoms with Crippen LogP contribution in [0, 0.1) is 0 Å². The van der Waals surface area contributed by atoms with E-state index in [-0.39, 0.29) is 4.99 Å². The maximum Gasteiger partial charge on any atom is 0.223 e. The van der Waals surface area contributed by atoms with Gasteiger partial charge in [-0.05, 0) is 18.2 Å². The van der Waals surface area contributed by atoms with Gasteiger partial charge in [-0.3, -0.25) is 0 Å². The lowest BCUT2D eigenvalue weighted by molar-refractivity contribution is 0.391. The Morgan fingerprint density at radius 2 is 2.10 bits per heavy atom. The zero-order valence-corrected chi connectivity index (χ0v) is 12.6. The first-order chi connectivity index (χ1) is 10.1. The van der Waals surface area contributed by atoms with Gasteiger partial charge in [-0.25, -0.2) is 9.97 Å². The lowest BCUT2D eigenvalue weighted by Crippen LogP contribution is -2.13. The molecule has 2 aromatic rings. The second kappa shape index (κ2) is 6.85. The highest BCUT2D eigenvalue weighted by atomic mass is 32.1. The van der Waals surface area contributed by atoms with E-state index in [1.54, 1.807) is 26.5 Å². The number of nitrogens with two attached hydrogens (primary N) is 1. The molecule has 110 valence electrons. The van der Waals surface area contributed by atoms with Crippen molar-refractivity contribution in [2.45, 2.75) is 6.54 Å². The summed E-state index contributed by atoms with van der Waals surface area (Å²) in [7, 11) is 3.23. The lowest BCUT2D eigenvalue weighted by atomic mass is 10.2. The van der Waals surface area contributed by atoms with E-state index in [0.29, 0.717) is 18.2 Å². The molecule has 0 atom stereocenters. The fourth-order valence-electron chi connectivity index (χ4n) is 1.75. The van der Waals surface area contributed by atoms with Crippen LogP contribution in [-0.4, -0.2) is 29.2 Å². The highest BCUT2D eigenvalue weighted by Crippen LogP contribution is 2.24. The van der Waals surface area contributed by atoms with Crippen molar-refractivity contribution in [1.29, 1.82) is 0 Å². The summed E-state index contributed by atoms with van der Waals surface area (Å²) in [6.45, 7) is 0.508. The van der Waals surface area contributed by atoms with E-state index < -0.39 is 0 Å². The molecule has 0 aliphatic heterocycles. The number of hydrogen-bond donors (Lipinski definition) is 2. The topological polar surface area (TPSA) is 82.3 Å². The average Bonchev–Trinajstić information content (AvgIpc) is 2.53. The fourth-order valence-corrected chi connectivity index (χ4v) is 1.87. The maximum absolute atomic E-state index is 5.55. The Labute approximate surface area is 128 Å². The zero-order valence-electron chi connectivity index (χ0n) is 11.8. The molecule has 0 radical (unpaired) electrons. The quantitative estimate of drug-likeness (QED) is 0.787. The second-order valence-corrected chi connectivity index (χ2v) is 4.60. The number of anilines is 1. The van der Waals surface area contributed by atoms with Gasteiger partial charge in [0, 0.05) is 24.4 Å². The molecule has 21 heavy (non-hydrogen) atoms. The van der Waals surface area contributed by atoms with Crippen LogP contribution in [0.25, 0.3) is 0 Å². The van der Waals surface area contributed by atoms with Gasteiger partial charge in [-0.15, -0.1) is 0 Å². The van der Waals surface area contributed by atoms with Gasteiger partial charge in [0.05, 0.1) is 14.2 Å². The van der Waals surface area contributed by atoms with Crippen molar-refractivity contribution in [2.75, 3.05) is 19.5 Å². The van der Waals surface area contributed by atoms with Gasteiger partial charge in [-0.2, -0.15) is 0 Å². The Morgan fingerprint density at radius 1 is 1.29 bits per heavy atom. The number of nitrogens with zero attached hydrogens (tertiary/aromatic N) is 2. The monoisotopic (exact) mass is 304 g/mol. The Morgan fingerprint density at radius 3 is 2.76 bits per heavy atom. The summed E-state index contributed by atoms with van der Waals surface area (Å²) in [6, 6.07) is 7.28. The molecule has 0 saturated heterocycles. The zero-order chi connectivity index (χ0) is 15.2. The SMILES string of the molecule is COc1ccc(CNc2nccc(C(N)=S)n2)c(OC)c1. The predicted octanol–water partition coefficient (Wildman–Crippen LogP) is 1.74. The largest absolute Gasteiger partial charge is 0.497 e. The number of thiocarbonyl (C=S) groups is 1. The van der Waals surface area contributed by atoms with Crippen molar-refractivity contribution in [1.82, 2.24) is 9.97 Å². The van der Waals surface area contributed by atoms with Crippen LogP contribution >= 0.6 is 12.2 Å². The van der Waals surface area contributed by atoms with E-state index in [2.05, 4.69) is 15.3 Å². The number of nitrogens with one attached hydrogen (secondary N) is 1. The molecule has 0 spiro atoms. The first-order valence-electron chi connectivity index (χ1n) is 6.21. The molecule has 1 aromatic carbocycles. The van der Waals surface area contributed by atoms with Crippen LogP contribution in [-0.2, 0) is 6.54 Å². The Balaban J connectivity index is 2.12. The van der Waals surface area contributed by atoms with Gasteiger partial charge < -0.3 is 20.5 Å². The van der Waals surface area contributed by atoms with Crippen LogP contribution in [0.1, 0.15) is 11.3 Å². The van der Waals surface area contributed by atoms with Crippen molar-refractivity contribution in [3.05, 3.63) is 41.7 Å². The summed E-state index contributed by atoms with van der Waals surface area (Å²) in [5, 5.41) is 3.11. The molecule has 0 fully saturated rings. The molecule has 0 saturated carbocycles. The average molecular weight is 304 g/mol. The summed E-state index contributed by atoms with van der Waals surface area (Å²) in [5.74, 6) is 1.92. The van der Waals surface area contributed by atoms with Crippen LogP contribution in [0.4, 0.5) is 5.95 Å². The predicted molar refractivity (Wildman–Crippen MR) is 84.8 cm³/mol. The van der Waals surface area contributed by atoms with Gasteiger partial charge in [0.25, 0.3) is 0 Å². The highest BCUT2D eigenvalue weighted by Gasteiger charge is 2.06.